The third kappa shape index (κ3) is 3.05. The highest BCUT2D eigenvalue weighted by atomic mass is 35.5. The van der Waals surface area contributed by atoms with Gasteiger partial charge in [0, 0.05) is 10.6 Å². The van der Waals surface area contributed by atoms with Crippen molar-refractivity contribution in [3.8, 4) is 5.75 Å². The summed E-state index contributed by atoms with van der Waals surface area (Å²) >= 11 is 12.7. The van der Waals surface area contributed by atoms with Crippen LogP contribution in [-0.2, 0) is 0 Å². The van der Waals surface area contributed by atoms with E-state index in [0.29, 0.717) is 0 Å². The number of hydrogen-bond donors (Lipinski definition) is 0. The monoisotopic (exact) mass is 294 g/mol. The molecule has 0 amide bonds. The average molecular weight is 295 g/mol. The lowest BCUT2D eigenvalue weighted by atomic mass is 10.0. The van der Waals surface area contributed by atoms with Crippen molar-refractivity contribution in [2.24, 2.45) is 0 Å². The molecular formula is C16H16Cl2O. The molecule has 1 unspecified atom stereocenters. The molecule has 0 heterocycles. The fourth-order valence-corrected chi connectivity index (χ4v) is 2.49. The zero-order valence-electron chi connectivity index (χ0n) is 11.2. The maximum Gasteiger partial charge on any atom is 0.123 e. The Morgan fingerprint density at radius 1 is 1.05 bits per heavy atom. The molecule has 1 nitrogen and oxygen atoms in total. The molecule has 0 radical (unpaired) electrons. The minimum absolute atomic E-state index is 0.270. The fraction of sp³-hybridized carbons (Fsp3) is 0.250. The summed E-state index contributed by atoms with van der Waals surface area (Å²) in [5.74, 6) is 0.794. The summed E-state index contributed by atoms with van der Waals surface area (Å²) in [4.78, 5) is 0. The first-order chi connectivity index (χ1) is 9.02. The molecule has 0 aliphatic heterocycles. The van der Waals surface area contributed by atoms with Crippen molar-refractivity contribution in [3.63, 3.8) is 0 Å². The van der Waals surface area contributed by atoms with Crippen molar-refractivity contribution < 1.29 is 4.74 Å². The largest absolute Gasteiger partial charge is 0.496 e. The Balaban J connectivity index is 2.45. The van der Waals surface area contributed by atoms with Crippen molar-refractivity contribution in [2.45, 2.75) is 19.2 Å². The van der Waals surface area contributed by atoms with E-state index in [1.54, 1.807) is 7.11 Å². The van der Waals surface area contributed by atoms with E-state index in [2.05, 4.69) is 0 Å². The number of aryl methyl sites for hydroxylation is 2. The van der Waals surface area contributed by atoms with Gasteiger partial charge >= 0.3 is 0 Å². The fourth-order valence-electron chi connectivity index (χ4n) is 2.00. The molecule has 0 aliphatic carbocycles. The smallest absolute Gasteiger partial charge is 0.123 e. The van der Waals surface area contributed by atoms with Crippen LogP contribution in [0.5, 0.6) is 5.75 Å². The van der Waals surface area contributed by atoms with Gasteiger partial charge in [0.1, 0.15) is 5.75 Å². The molecular weight excluding hydrogens is 279 g/mol. The molecule has 3 heteroatoms. The number of methoxy groups -OCH3 is 1. The van der Waals surface area contributed by atoms with Gasteiger partial charge in [-0.25, -0.2) is 0 Å². The quantitative estimate of drug-likeness (QED) is 0.699. The second kappa shape index (κ2) is 5.85. The van der Waals surface area contributed by atoms with Crippen LogP contribution in [0.3, 0.4) is 0 Å². The highest BCUT2D eigenvalue weighted by molar-refractivity contribution is 6.31. The molecule has 19 heavy (non-hydrogen) atoms. The van der Waals surface area contributed by atoms with Crippen LogP contribution < -0.4 is 4.74 Å². The van der Waals surface area contributed by atoms with Gasteiger partial charge in [-0.2, -0.15) is 0 Å². The molecule has 100 valence electrons. The van der Waals surface area contributed by atoms with E-state index in [0.717, 1.165) is 33.0 Å². The Kier molecular flexibility index (Phi) is 4.38. The van der Waals surface area contributed by atoms with Crippen LogP contribution in [0.4, 0.5) is 0 Å². The van der Waals surface area contributed by atoms with Gasteiger partial charge in [0.15, 0.2) is 0 Å². The summed E-state index contributed by atoms with van der Waals surface area (Å²) in [7, 11) is 1.65. The van der Waals surface area contributed by atoms with E-state index in [1.165, 1.54) is 0 Å². The van der Waals surface area contributed by atoms with Gasteiger partial charge in [0.2, 0.25) is 0 Å². The average Bonchev–Trinajstić information content (AvgIpc) is 2.41. The number of hydrogen-bond acceptors (Lipinski definition) is 1. The molecule has 0 bridgehead atoms. The van der Waals surface area contributed by atoms with E-state index < -0.39 is 0 Å². The summed E-state index contributed by atoms with van der Waals surface area (Å²) in [5, 5.41) is 0.461. The first-order valence-electron chi connectivity index (χ1n) is 6.07. The topological polar surface area (TPSA) is 9.23 Å². The lowest BCUT2D eigenvalue weighted by Gasteiger charge is -2.16. The zero-order valence-corrected chi connectivity index (χ0v) is 12.7. The Morgan fingerprint density at radius 2 is 1.79 bits per heavy atom. The maximum atomic E-state index is 6.57. The molecule has 0 aliphatic rings. The Morgan fingerprint density at radius 3 is 2.42 bits per heavy atom. The second-order valence-electron chi connectivity index (χ2n) is 4.62. The van der Waals surface area contributed by atoms with Gasteiger partial charge in [0.05, 0.1) is 12.5 Å². The molecule has 0 saturated carbocycles. The molecule has 0 saturated heterocycles. The number of rotatable bonds is 3. The summed E-state index contributed by atoms with van der Waals surface area (Å²) in [6.45, 7) is 4.01. The first kappa shape index (κ1) is 14.2. The third-order valence-electron chi connectivity index (χ3n) is 3.15. The van der Waals surface area contributed by atoms with E-state index in [4.69, 9.17) is 27.9 Å². The lowest BCUT2D eigenvalue weighted by Crippen LogP contribution is -1.98. The Bertz CT molecular complexity index is 593. The van der Waals surface area contributed by atoms with E-state index >= 15 is 0 Å². The molecule has 0 N–H and O–H groups in total. The van der Waals surface area contributed by atoms with Crippen LogP contribution >= 0.6 is 23.2 Å². The van der Waals surface area contributed by atoms with Crippen LogP contribution in [0.15, 0.2) is 36.4 Å². The minimum atomic E-state index is -0.270. The van der Waals surface area contributed by atoms with Gasteiger partial charge in [-0.15, -0.1) is 11.6 Å². The third-order valence-corrected chi connectivity index (χ3v) is 4.04. The SMILES string of the molecule is COc1ccc(C)cc1C(Cl)c1ccc(C)c(Cl)c1. The highest BCUT2D eigenvalue weighted by Crippen LogP contribution is 2.36. The lowest BCUT2D eigenvalue weighted by molar-refractivity contribution is 0.410. The van der Waals surface area contributed by atoms with Crippen molar-refractivity contribution in [2.75, 3.05) is 7.11 Å². The summed E-state index contributed by atoms with van der Waals surface area (Å²) in [6.07, 6.45) is 0. The van der Waals surface area contributed by atoms with Gasteiger partial charge in [0.25, 0.3) is 0 Å². The standard InChI is InChI=1S/C16H16Cl2O/c1-10-4-7-15(19-3)13(8-10)16(18)12-6-5-11(2)14(17)9-12/h4-9,16H,1-3H3. The second-order valence-corrected chi connectivity index (χ2v) is 5.46. The van der Waals surface area contributed by atoms with Crippen molar-refractivity contribution in [3.05, 3.63) is 63.7 Å². The first-order valence-corrected chi connectivity index (χ1v) is 6.89. The summed E-state index contributed by atoms with van der Waals surface area (Å²) < 4.78 is 5.38. The van der Waals surface area contributed by atoms with Crippen molar-refractivity contribution >= 4 is 23.2 Å². The molecule has 0 spiro atoms. The maximum absolute atomic E-state index is 6.57. The van der Waals surface area contributed by atoms with Crippen molar-refractivity contribution in [1.29, 1.82) is 0 Å². The summed E-state index contributed by atoms with van der Waals surface area (Å²) in [6, 6.07) is 11.9. The van der Waals surface area contributed by atoms with E-state index in [1.807, 2.05) is 50.2 Å². The van der Waals surface area contributed by atoms with Crippen LogP contribution in [0, 0.1) is 13.8 Å². The van der Waals surface area contributed by atoms with Crippen LogP contribution in [0.25, 0.3) is 0 Å². The molecule has 0 fully saturated rings. The van der Waals surface area contributed by atoms with E-state index in [9.17, 15) is 0 Å². The minimum Gasteiger partial charge on any atom is -0.496 e. The Labute approximate surface area is 124 Å². The van der Waals surface area contributed by atoms with Gasteiger partial charge in [-0.05, 0) is 37.1 Å². The van der Waals surface area contributed by atoms with E-state index in [-0.39, 0.29) is 5.38 Å². The number of ether oxygens (including phenoxy) is 1. The number of benzene rings is 2. The number of alkyl halides is 1. The van der Waals surface area contributed by atoms with Gasteiger partial charge in [-0.3, -0.25) is 0 Å². The van der Waals surface area contributed by atoms with Crippen LogP contribution in [0.1, 0.15) is 27.6 Å². The molecule has 2 aromatic rings. The molecule has 2 aromatic carbocycles. The zero-order chi connectivity index (χ0) is 14.0. The predicted molar refractivity (Wildman–Crippen MR) is 81.6 cm³/mol. The summed E-state index contributed by atoms with van der Waals surface area (Å²) in [5.41, 5.74) is 4.13. The number of halogens is 2. The molecule has 0 aromatic heterocycles. The van der Waals surface area contributed by atoms with Crippen molar-refractivity contribution in [1.82, 2.24) is 0 Å². The highest BCUT2D eigenvalue weighted by Gasteiger charge is 2.16. The molecule has 1 atom stereocenters. The molecule has 2 rings (SSSR count). The normalized spacial score (nSPS) is 12.3. The van der Waals surface area contributed by atoms with Crippen LogP contribution in [-0.4, -0.2) is 7.11 Å². The Hall–Kier alpha value is -1.18. The van der Waals surface area contributed by atoms with Crippen LogP contribution in [0.2, 0.25) is 5.02 Å². The van der Waals surface area contributed by atoms with Gasteiger partial charge < -0.3 is 4.74 Å². The van der Waals surface area contributed by atoms with Gasteiger partial charge in [-0.1, -0.05) is 41.4 Å². The predicted octanol–water partition coefficient (Wildman–Crippen LogP) is 5.29.